The van der Waals surface area contributed by atoms with Gasteiger partial charge in [-0.25, -0.2) is 0 Å². The lowest BCUT2D eigenvalue weighted by Crippen LogP contribution is -2.44. The van der Waals surface area contributed by atoms with Crippen molar-refractivity contribution in [2.24, 2.45) is 16.7 Å². The molecule has 17 heavy (non-hydrogen) atoms. The third kappa shape index (κ3) is 5.87. The molecule has 0 saturated carbocycles. The molecule has 0 aromatic rings. The Bertz CT molecular complexity index is 211. The fraction of sp³-hybridized carbons (Fsp3) is 1.00. The fourth-order valence-electron chi connectivity index (χ4n) is 2.55. The lowest BCUT2D eigenvalue weighted by molar-refractivity contribution is 0.104. The molecule has 0 bridgehead atoms. The summed E-state index contributed by atoms with van der Waals surface area (Å²) < 4.78 is 0. The van der Waals surface area contributed by atoms with Crippen LogP contribution >= 0.6 is 0 Å². The third-order valence-corrected chi connectivity index (χ3v) is 3.80. The predicted octanol–water partition coefficient (Wildman–Crippen LogP) is 3.34. The van der Waals surface area contributed by atoms with Crippen LogP contribution in [0, 0.1) is 16.7 Å². The van der Waals surface area contributed by atoms with Crippen molar-refractivity contribution in [2.45, 2.75) is 54.4 Å². The Morgan fingerprint density at radius 2 is 1.53 bits per heavy atom. The monoisotopic (exact) mass is 240 g/mol. The minimum Gasteiger partial charge on any atom is -0.304 e. The molecule has 0 aliphatic carbocycles. The molecular weight excluding hydrogens is 208 g/mol. The van der Waals surface area contributed by atoms with Crippen molar-refractivity contribution in [3.8, 4) is 0 Å². The molecule has 2 nitrogen and oxygen atoms in total. The van der Waals surface area contributed by atoms with Gasteiger partial charge < -0.3 is 5.32 Å². The zero-order valence-electron chi connectivity index (χ0n) is 12.8. The van der Waals surface area contributed by atoms with E-state index in [2.05, 4.69) is 51.8 Å². The average molecular weight is 240 g/mol. The van der Waals surface area contributed by atoms with E-state index in [0.29, 0.717) is 10.8 Å². The van der Waals surface area contributed by atoms with Gasteiger partial charge in [-0.15, -0.1) is 0 Å². The molecule has 1 aliphatic heterocycles. The molecule has 102 valence electrons. The maximum Gasteiger partial charge on any atom is 0.0480 e. The van der Waals surface area contributed by atoms with Crippen molar-refractivity contribution in [1.29, 1.82) is 0 Å². The Morgan fingerprint density at radius 3 is 1.94 bits per heavy atom. The van der Waals surface area contributed by atoms with E-state index < -0.39 is 0 Å². The standard InChI is InChI=1S/C15H32N2/c1-14(2,3)11-16-12-17-9-7-13(8-10-17)15(4,5)6/h13,16H,7-12H2,1-6H3. The summed E-state index contributed by atoms with van der Waals surface area (Å²) in [5, 5.41) is 3.57. The molecule has 0 aromatic carbocycles. The van der Waals surface area contributed by atoms with Gasteiger partial charge in [0.15, 0.2) is 0 Å². The van der Waals surface area contributed by atoms with Gasteiger partial charge in [-0.3, -0.25) is 4.90 Å². The minimum absolute atomic E-state index is 0.393. The molecule has 0 spiro atoms. The smallest absolute Gasteiger partial charge is 0.0480 e. The summed E-state index contributed by atoms with van der Waals surface area (Å²) in [6.45, 7) is 18.7. The van der Waals surface area contributed by atoms with Crippen molar-refractivity contribution in [2.75, 3.05) is 26.3 Å². The van der Waals surface area contributed by atoms with Gasteiger partial charge in [0.05, 0.1) is 0 Å². The van der Waals surface area contributed by atoms with Crippen LogP contribution in [0.25, 0.3) is 0 Å². The molecule has 1 N–H and O–H groups in total. The first-order valence-electron chi connectivity index (χ1n) is 7.11. The first kappa shape index (κ1) is 15.0. The third-order valence-electron chi connectivity index (χ3n) is 3.80. The molecule has 1 aliphatic rings. The second-order valence-corrected chi connectivity index (χ2v) is 7.90. The summed E-state index contributed by atoms with van der Waals surface area (Å²) in [6.07, 6.45) is 2.72. The highest BCUT2D eigenvalue weighted by molar-refractivity contribution is 4.80. The van der Waals surface area contributed by atoms with E-state index in [1.54, 1.807) is 0 Å². The average Bonchev–Trinajstić information content (AvgIpc) is 2.15. The molecule has 0 amide bonds. The van der Waals surface area contributed by atoms with Gasteiger partial charge in [0.2, 0.25) is 0 Å². The van der Waals surface area contributed by atoms with Crippen LogP contribution < -0.4 is 5.32 Å². The van der Waals surface area contributed by atoms with Crippen LogP contribution in [0.5, 0.6) is 0 Å². The molecule has 0 unspecified atom stereocenters. The number of hydrogen-bond donors (Lipinski definition) is 1. The van der Waals surface area contributed by atoms with Crippen molar-refractivity contribution in [3.63, 3.8) is 0 Å². The Hall–Kier alpha value is -0.0800. The van der Waals surface area contributed by atoms with Gasteiger partial charge in [0.25, 0.3) is 0 Å². The molecule has 0 radical (unpaired) electrons. The van der Waals surface area contributed by atoms with Gasteiger partial charge in [-0.1, -0.05) is 41.5 Å². The van der Waals surface area contributed by atoms with E-state index in [-0.39, 0.29) is 0 Å². The molecule has 1 rings (SSSR count). The van der Waals surface area contributed by atoms with Crippen LogP contribution in [0.3, 0.4) is 0 Å². The molecule has 0 aromatic heterocycles. The molecule has 2 heteroatoms. The van der Waals surface area contributed by atoms with E-state index >= 15 is 0 Å². The number of nitrogens with one attached hydrogen (secondary N) is 1. The first-order valence-corrected chi connectivity index (χ1v) is 7.11. The lowest BCUT2D eigenvalue weighted by atomic mass is 9.75. The summed E-state index contributed by atoms with van der Waals surface area (Å²) in [7, 11) is 0. The van der Waals surface area contributed by atoms with Gasteiger partial charge in [-0.2, -0.15) is 0 Å². The molecule has 1 saturated heterocycles. The maximum atomic E-state index is 3.57. The summed E-state index contributed by atoms with van der Waals surface area (Å²) >= 11 is 0. The maximum absolute atomic E-state index is 3.57. The van der Waals surface area contributed by atoms with Crippen LogP contribution in [0.15, 0.2) is 0 Å². The zero-order chi connectivity index (χ0) is 13.1. The van der Waals surface area contributed by atoms with E-state index in [4.69, 9.17) is 0 Å². The van der Waals surface area contributed by atoms with Crippen LogP contribution in [-0.2, 0) is 0 Å². The lowest BCUT2D eigenvalue weighted by Gasteiger charge is -2.39. The highest BCUT2D eigenvalue weighted by atomic mass is 15.2. The Labute approximate surface area is 108 Å². The Morgan fingerprint density at radius 1 is 1.00 bits per heavy atom. The number of nitrogens with zero attached hydrogens (tertiary/aromatic N) is 1. The van der Waals surface area contributed by atoms with E-state index in [0.717, 1.165) is 19.1 Å². The Kier molecular flexibility index (Phi) is 5.03. The second kappa shape index (κ2) is 5.71. The Balaban J connectivity index is 2.20. The molecule has 1 heterocycles. The molecule has 1 fully saturated rings. The van der Waals surface area contributed by atoms with Crippen LogP contribution in [-0.4, -0.2) is 31.2 Å². The quantitative estimate of drug-likeness (QED) is 0.814. The SMILES string of the molecule is CC(C)(C)CNCN1CCC(C(C)(C)C)CC1. The van der Waals surface area contributed by atoms with Gasteiger partial charge in [0, 0.05) is 13.2 Å². The summed E-state index contributed by atoms with van der Waals surface area (Å²) in [6, 6.07) is 0. The predicted molar refractivity (Wildman–Crippen MR) is 76.1 cm³/mol. The summed E-state index contributed by atoms with van der Waals surface area (Å²) in [5.74, 6) is 0.904. The first-order chi connectivity index (χ1) is 7.68. The highest BCUT2D eigenvalue weighted by Gasteiger charge is 2.28. The summed E-state index contributed by atoms with van der Waals surface area (Å²) in [5.41, 5.74) is 0.884. The van der Waals surface area contributed by atoms with Gasteiger partial charge >= 0.3 is 0 Å². The highest BCUT2D eigenvalue weighted by Crippen LogP contribution is 2.33. The fourth-order valence-corrected chi connectivity index (χ4v) is 2.55. The topological polar surface area (TPSA) is 15.3 Å². The molecular formula is C15H32N2. The van der Waals surface area contributed by atoms with Gasteiger partial charge in [0.1, 0.15) is 0 Å². The van der Waals surface area contributed by atoms with Crippen LogP contribution in [0.1, 0.15) is 54.4 Å². The second-order valence-electron chi connectivity index (χ2n) is 7.90. The summed E-state index contributed by atoms with van der Waals surface area (Å²) in [4.78, 5) is 2.56. The number of piperidine rings is 1. The van der Waals surface area contributed by atoms with Gasteiger partial charge in [-0.05, 0) is 42.7 Å². The van der Waals surface area contributed by atoms with E-state index in [1.165, 1.54) is 25.9 Å². The minimum atomic E-state index is 0.393. The van der Waals surface area contributed by atoms with Crippen molar-refractivity contribution >= 4 is 0 Å². The van der Waals surface area contributed by atoms with Crippen LogP contribution in [0.2, 0.25) is 0 Å². The van der Waals surface area contributed by atoms with Crippen LogP contribution in [0.4, 0.5) is 0 Å². The molecule has 0 atom stereocenters. The number of rotatable bonds is 3. The number of hydrogen-bond acceptors (Lipinski definition) is 2. The van der Waals surface area contributed by atoms with Crippen molar-refractivity contribution < 1.29 is 0 Å². The van der Waals surface area contributed by atoms with Crippen molar-refractivity contribution in [1.82, 2.24) is 10.2 Å². The van der Waals surface area contributed by atoms with Crippen molar-refractivity contribution in [3.05, 3.63) is 0 Å². The van der Waals surface area contributed by atoms with E-state index in [9.17, 15) is 0 Å². The van der Waals surface area contributed by atoms with E-state index in [1.807, 2.05) is 0 Å². The number of likely N-dealkylation sites (tertiary alicyclic amines) is 1. The largest absolute Gasteiger partial charge is 0.304 e. The zero-order valence-corrected chi connectivity index (χ0v) is 12.8. The normalized spacial score (nSPS) is 20.8.